The Balaban J connectivity index is 2.50. The number of hydrogen-bond acceptors (Lipinski definition) is 2. The number of nitrogens with zero attached hydrogens (tertiary/aromatic N) is 1. The summed E-state index contributed by atoms with van der Waals surface area (Å²) in [5.41, 5.74) is 5.51. The molecule has 1 aliphatic carbocycles. The van der Waals surface area contributed by atoms with Crippen molar-refractivity contribution in [1.29, 1.82) is 0 Å². The topological polar surface area (TPSA) is 58.4 Å². The van der Waals surface area contributed by atoms with Crippen LogP contribution in [0.4, 0.5) is 4.79 Å². The fourth-order valence-electron chi connectivity index (χ4n) is 2.13. The van der Waals surface area contributed by atoms with E-state index in [1.807, 2.05) is 4.90 Å². The smallest absolute Gasteiger partial charge is 0.317 e. The second-order valence-corrected chi connectivity index (χ2v) is 3.83. The maximum Gasteiger partial charge on any atom is 0.317 e. The van der Waals surface area contributed by atoms with Gasteiger partial charge in [-0.2, -0.15) is 0 Å². The Morgan fingerprint density at radius 3 is 2.57 bits per heavy atom. The van der Waals surface area contributed by atoms with E-state index in [2.05, 4.69) is 5.32 Å². The van der Waals surface area contributed by atoms with Crippen LogP contribution in [0, 0.1) is 0 Å². The highest BCUT2D eigenvalue weighted by molar-refractivity contribution is 5.74. The number of amides is 2. The molecule has 4 heteroatoms. The number of carbonyl (C=O) groups excluding carboxylic acids is 1. The van der Waals surface area contributed by atoms with E-state index in [0.717, 1.165) is 12.8 Å². The second-order valence-electron chi connectivity index (χ2n) is 3.83. The summed E-state index contributed by atoms with van der Waals surface area (Å²) >= 11 is 0. The number of carbonyl (C=O) groups is 1. The van der Waals surface area contributed by atoms with Gasteiger partial charge < -0.3 is 16.0 Å². The summed E-state index contributed by atoms with van der Waals surface area (Å²) in [6.07, 6.45) is 6.05. The van der Waals surface area contributed by atoms with Crippen molar-refractivity contribution in [3.63, 3.8) is 0 Å². The van der Waals surface area contributed by atoms with Crippen molar-refractivity contribution in [2.24, 2.45) is 5.73 Å². The van der Waals surface area contributed by atoms with Crippen molar-refractivity contribution in [2.75, 3.05) is 20.1 Å². The number of hydrogen-bond donors (Lipinski definition) is 2. The van der Waals surface area contributed by atoms with E-state index < -0.39 is 0 Å². The van der Waals surface area contributed by atoms with Crippen molar-refractivity contribution in [2.45, 2.75) is 38.1 Å². The van der Waals surface area contributed by atoms with E-state index in [9.17, 15) is 4.79 Å². The largest absolute Gasteiger partial charge is 0.341 e. The summed E-state index contributed by atoms with van der Waals surface area (Å²) < 4.78 is 0. The quantitative estimate of drug-likeness (QED) is 0.710. The Bertz CT molecular complexity index is 178. The van der Waals surface area contributed by atoms with Crippen LogP contribution in [0.3, 0.4) is 0 Å². The average Bonchev–Trinajstić information content (AvgIpc) is 2.26. The van der Waals surface area contributed by atoms with Crippen molar-refractivity contribution in [1.82, 2.24) is 10.2 Å². The van der Waals surface area contributed by atoms with Crippen molar-refractivity contribution >= 4 is 6.03 Å². The maximum atomic E-state index is 11.6. The third-order valence-corrected chi connectivity index (χ3v) is 2.86. The van der Waals surface area contributed by atoms with Gasteiger partial charge in [0.25, 0.3) is 0 Å². The van der Waals surface area contributed by atoms with Gasteiger partial charge in [-0.25, -0.2) is 4.79 Å². The summed E-state index contributed by atoms with van der Waals surface area (Å²) in [7, 11) is 1.68. The minimum atomic E-state index is 0.0161. The first-order chi connectivity index (χ1) is 6.79. The molecule has 3 N–H and O–H groups in total. The zero-order chi connectivity index (χ0) is 10.4. The molecule has 0 heterocycles. The fourth-order valence-corrected chi connectivity index (χ4v) is 2.13. The molecule has 0 radical (unpaired) electrons. The van der Waals surface area contributed by atoms with E-state index in [0.29, 0.717) is 19.1 Å². The third kappa shape index (κ3) is 2.87. The van der Waals surface area contributed by atoms with Crippen LogP contribution in [0.15, 0.2) is 0 Å². The Hall–Kier alpha value is -0.770. The lowest BCUT2D eigenvalue weighted by Gasteiger charge is -2.33. The molecule has 2 amide bonds. The van der Waals surface area contributed by atoms with Crippen LogP contribution in [0.2, 0.25) is 0 Å². The summed E-state index contributed by atoms with van der Waals surface area (Å²) in [5.74, 6) is 0. The predicted octanol–water partition coefficient (Wildman–Crippen LogP) is 0.919. The molecule has 14 heavy (non-hydrogen) atoms. The van der Waals surface area contributed by atoms with Crippen LogP contribution in [0.5, 0.6) is 0 Å². The van der Waals surface area contributed by atoms with E-state index in [1.54, 1.807) is 7.05 Å². The van der Waals surface area contributed by atoms with Gasteiger partial charge in [0.15, 0.2) is 0 Å². The molecular weight excluding hydrogens is 178 g/mol. The van der Waals surface area contributed by atoms with Gasteiger partial charge in [-0.05, 0) is 12.8 Å². The van der Waals surface area contributed by atoms with Gasteiger partial charge in [0, 0.05) is 26.2 Å². The Morgan fingerprint density at radius 1 is 1.43 bits per heavy atom. The average molecular weight is 199 g/mol. The highest BCUT2D eigenvalue weighted by Gasteiger charge is 2.23. The van der Waals surface area contributed by atoms with Crippen molar-refractivity contribution in [3.8, 4) is 0 Å². The molecule has 0 aromatic heterocycles. The molecule has 0 spiro atoms. The molecule has 0 aromatic rings. The zero-order valence-electron chi connectivity index (χ0n) is 8.96. The molecule has 0 unspecified atom stereocenters. The van der Waals surface area contributed by atoms with Crippen LogP contribution in [-0.2, 0) is 0 Å². The highest BCUT2D eigenvalue weighted by Crippen LogP contribution is 2.22. The normalized spacial score (nSPS) is 17.9. The van der Waals surface area contributed by atoms with Gasteiger partial charge in [0.05, 0.1) is 0 Å². The minimum Gasteiger partial charge on any atom is -0.341 e. The fraction of sp³-hybridized carbons (Fsp3) is 0.900. The van der Waals surface area contributed by atoms with Crippen LogP contribution in [0.25, 0.3) is 0 Å². The summed E-state index contributed by atoms with van der Waals surface area (Å²) in [6, 6.07) is 0.426. The van der Waals surface area contributed by atoms with Crippen LogP contribution in [0.1, 0.15) is 32.1 Å². The molecule has 0 aliphatic heterocycles. The number of rotatable bonds is 3. The third-order valence-electron chi connectivity index (χ3n) is 2.86. The van der Waals surface area contributed by atoms with Gasteiger partial charge in [-0.15, -0.1) is 0 Å². The Morgan fingerprint density at radius 2 is 2.07 bits per heavy atom. The first-order valence-electron chi connectivity index (χ1n) is 5.48. The lowest BCUT2D eigenvalue weighted by atomic mass is 9.94. The van der Waals surface area contributed by atoms with E-state index in [4.69, 9.17) is 5.73 Å². The van der Waals surface area contributed by atoms with Crippen LogP contribution >= 0.6 is 0 Å². The van der Waals surface area contributed by atoms with E-state index in [1.165, 1.54) is 19.3 Å². The van der Waals surface area contributed by atoms with Crippen LogP contribution < -0.4 is 11.1 Å². The summed E-state index contributed by atoms with van der Waals surface area (Å²) in [6.45, 7) is 1.22. The summed E-state index contributed by atoms with van der Waals surface area (Å²) in [4.78, 5) is 13.4. The first kappa shape index (κ1) is 11.3. The van der Waals surface area contributed by atoms with Gasteiger partial charge in [-0.1, -0.05) is 19.3 Å². The molecule has 1 rings (SSSR count). The zero-order valence-corrected chi connectivity index (χ0v) is 8.96. The minimum absolute atomic E-state index is 0.0161. The van der Waals surface area contributed by atoms with Gasteiger partial charge in [0.1, 0.15) is 0 Å². The first-order valence-corrected chi connectivity index (χ1v) is 5.48. The summed E-state index contributed by atoms with van der Waals surface area (Å²) in [5, 5.41) is 2.68. The van der Waals surface area contributed by atoms with Crippen molar-refractivity contribution in [3.05, 3.63) is 0 Å². The lowest BCUT2D eigenvalue weighted by Crippen LogP contribution is -2.47. The molecule has 0 atom stereocenters. The monoisotopic (exact) mass is 199 g/mol. The SMILES string of the molecule is CNC(=O)N(CCN)C1CCCCC1. The Kier molecular flexibility index (Phi) is 4.73. The number of nitrogens with two attached hydrogens (primary N) is 1. The highest BCUT2D eigenvalue weighted by atomic mass is 16.2. The molecule has 0 aromatic carbocycles. The lowest BCUT2D eigenvalue weighted by molar-refractivity contribution is 0.159. The molecule has 82 valence electrons. The van der Waals surface area contributed by atoms with Crippen molar-refractivity contribution < 1.29 is 4.79 Å². The molecule has 1 fully saturated rings. The maximum absolute atomic E-state index is 11.6. The molecule has 1 saturated carbocycles. The molecule has 0 saturated heterocycles. The van der Waals surface area contributed by atoms with E-state index in [-0.39, 0.29) is 6.03 Å². The van der Waals surface area contributed by atoms with E-state index >= 15 is 0 Å². The predicted molar refractivity (Wildman–Crippen MR) is 57.1 cm³/mol. The van der Waals surface area contributed by atoms with Gasteiger partial charge in [-0.3, -0.25) is 0 Å². The van der Waals surface area contributed by atoms with Gasteiger partial charge in [0.2, 0.25) is 0 Å². The molecule has 1 aliphatic rings. The Labute approximate surface area is 85.8 Å². The standard InChI is InChI=1S/C10H21N3O/c1-12-10(14)13(8-7-11)9-5-3-2-4-6-9/h9H,2-8,11H2,1H3,(H,12,14). The van der Waals surface area contributed by atoms with Gasteiger partial charge >= 0.3 is 6.03 Å². The molecule has 0 bridgehead atoms. The number of nitrogens with one attached hydrogen (secondary N) is 1. The number of urea groups is 1. The molecule has 4 nitrogen and oxygen atoms in total. The second kappa shape index (κ2) is 5.86. The molecular formula is C10H21N3O. The van der Waals surface area contributed by atoms with Crippen LogP contribution in [-0.4, -0.2) is 37.1 Å².